The molecule has 0 bridgehead atoms. The van der Waals surface area contributed by atoms with Crippen LogP contribution in [0.4, 0.5) is 5.69 Å². The molecule has 1 saturated heterocycles. The van der Waals surface area contributed by atoms with Gasteiger partial charge < -0.3 is 24.1 Å². The van der Waals surface area contributed by atoms with Crippen molar-refractivity contribution in [3.63, 3.8) is 0 Å². The highest BCUT2D eigenvalue weighted by Crippen LogP contribution is 2.39. The van der Waals surface area contributed by atoms with Crippen molar-refractivity contribution in [3.05, 3.63) is 88.9 Å². The number of nitrogens with zero attached hydrogens (tertiary/aromatic N) is 1. The summed E-state index contributed by atoms with van der Waals surface area (Å²) in [5, 5.41) is 2.50. The van der Waals surface area contributed by atoms with Crippen molar-refractivity contribution >= 4 is 41.2 Å². The minimum absolute atomic E-state index is 0.0186. The van der Waals surface area contributed by atoms with Gasteiger partial charge >= 0.3 is 11.9 Å². The molecule has 1 N–H and O–H groups in total. The largest absolute Gasteiger partial charge is 0.467 e. The van der Waals surface area contributed by atoms with Gasteiger partial charge in [-0.2, -0.15) is 0 Å². The molecule has 35 heavy (non-hydrogen) atoms. The summed E-state index contributed by atoms with van der Waals surface area (Å²) in [5.41, 5.74) is 1.68. The summed E-state index contributed by atoms with van der Waals surface area (Å²) in [4.78, 5) is 50.9. The lowest BCUT2D eigenvalue weighted by molar-refractivity contribution is -0.128. The van der Waals surface area contributed by atoms with Crippen LogP contribution >= 0.6 is 11.8 Å². The number of anilines is 1. The Bertz CT molecular complexity index is 1220. The van der Waals surface area contributed by atoms with Crippen LogP contribution in [0.5, 0.6) is 0 Å². The molecule has 0 aliphatic carbocycles. The van der Waals surface area contributed by atoms with Gasteiger partial charge in [0.05, 0.1) is 43.9 Å². The van der Waals surface area contributed by atoms with Crippen molar-refractivity contribution in [1.82, 2.24) is 4.90 Å². The molecule has 1 fully saturated rings. The number of thioether (sulfide) groups is 1. The first-order valence-corrected chi connectivity index (χ1v) is 11.6. The van der Waals surface area contributed by atoms with Gasteiger partial charge in [-0.15, -0.1) is 11.8 Å². The minimum atomic E-state index is -0.654. The summed E-state index contributed by atoms with van der Waals surface area (Å²) in [7, 11) is 2.44. The third-order valence-corrected chi connectivity index (χ3v) is 6.62. The van der Waals surface area contributed by atoms with Crippen LogP contribution in [-0.4, -0.2) is 48.6 Å². The maximum absolute atomic E-state index is 12.9. The second-order valence-electron chi connectivity index (χ2n) is 7.62. The Kier molecular flexibility index (Phi) is 7.21. The number of benzene rings is 2. The van der Waals surface area contributed by atoms with E-state index in [1.807, 2.05) is 6.07 Å². The van der Waals surface area contributed by atoms with Crippen LogP contribution in [0, 0.1) is 0 Å². The molecule has 1 atom stereocenters. The number of carbonyl (C=O) groups excluding carboxylic acids is 4. The minimum Gasteiger partial charge on any atom is -0.467 e. The SMILES string of the molecule is COC(=O)c1cc(NC(=O)c2ccc([C@@H]3SCC(=O)N3Cc3ccco3)cc2)cc(C(=O)OC)c1. The number of hydrogen-bond acceptors (Lipinski definition) is 8. The van der Waals surface area contributed by atoms with Gasteiger partial charge in [0.25, 0.3) is 5.91 Å². The van der Waals surface area contributed by atoms with Crippen molar-refractivity contribution in [1.29, 1.82) is 0 Å². The van der Waals surface area contributed by atoms with E-state index in [0.29, 0.717) is 23.6 Å². The normalized spacial score (nSPS) is 15.1. The van der Waals surface area contributed by atoms with Crippen molar-refractivity contribution in [3.8, 4) is 0 Å². The van der Waals surface area contributed by atoms with Crippen LogP contribution in [0.25, 0.3) is 0 Å². The summed E-state index contributed by atoms with van der Waals surface area (Å²) < 4.78 is 14.8. The van der Waals surface area contributed by atoms with Crippen LogP contribution in [0.3, 0.4) is 0 Å². The standard InChI is InChI=1S/C25H22N2O7S/c1-32-24(30)17-10-18(25(31)33-2)12-19(11-17)26-22(29)15-5-7-16(8-6-15)23-27(21(28)14-35-23)13-20-4-3-9-34-20/h3-12,23H,13-14H2,1-2H3,(H,26,29)/t23-/m0/s1. The zero-order chi connectivity index (χ0) is 24.9. The molecule has 2 amide bonds. The van der Waals surface area contributed by atoms with Crippen molar-refractivity contribution in [2.75, 3.05) is 25.3 Å². The van der Waals surface area contributed by atoms with E-state index in [0.717, 1.165) is 5.56 Å². The van der Waals surface area contributed by atoms with E-state index in [-0.39, 0.29) is 28.1 Å². The lowest BCUT2D eigenvalue weighted by Gasteiger charge is -2.23. The smallest absolute Gasteiger partial charge is 0.337 e. The van der Waals surface area contributed by atoms with E-state index < -0.39 is 17.8 Å². The summed E-state index contributed by atoms with van der Waals surface area (Å²) in [5.74, 6) is -0.659. The molecule has 1 aliphatic heterocycles. The lowest BCUT2D eigenvalue weighted by Crippen LogP contribution is -2.27. The first-order chi connectivity index (χ1) is 16.9. The monoisotopic (exact) mass is 494 g/mol. The summed E-state index contributed by atoms with van der Waals surface area (Å²) in [6, 6.07) is 14.7. The zero-order valence-electron chi connectivity index (χ0n) is 19.0. The molecule has 9 nitrogen and oxygen atoms in total. The number of hydrogen-bond donors (Lipinski definition) is 1. The predicted octanol–water partition coefficient (Wildman–Crippen LogP) is 3.88. The first-order valence-electron chi connectivity index (χ1n) is 10.6. The van der Waals surface area contributed by atoms with Crippen molar-refractivity contribution in [2.45, 2.75) is 11.9 Å². The molecule has 0 radical (unpaired) electrons. The van der Waals surface area contributed by atoms with Crippen LogP contribution in [0.2, 0.25) is 0 Å². The summed E-state index contributed by atoms with van der Waals surface area (Å²) >= 11 is 1.51. The fourth-order valence-electron chi connectivity index (χ4n) is 3.65. The second-order valence-corrected chi connectivity index (χ2v) is 8.69. The number of nitrogens with one attached hydrogen (secondary N) is 1. The van der Waals surface area contributed by atoms with E-state index in [9.17, 15) is 19.2 Å². The Hall–Kier alpha value is -4.05. The van der Waals surface area contributed by atoms with Gasteiger partial charge in [-0.25, -0.2) is 9.59 Å². The average Bonchev–Trinajstić information content (AvgIpc) is 3.53. The van der Waals surface area contributed by atoms with E-state index in [1.54, 1.807) is 41.5 Å². The molecule has 1 aromatic heterocycles. The maximum Gasteiger partial charge on any atom is 0.337 e. The Morgan fingerprint density at radius 2 is 1.66 bits per heavy atom. The Labute approximate surface area is 205 Å². The molecule has 2 aromatic carbocycles. The van der Waals surface area contributed by atoms with E-state index >= 15 is 0 Å². The molecular weight excluding hydrogens is 472 g/mol. The first kappa shape index (κ1) is 24.1. The van der Waals surface area contributed by atoms with Crippen molar-refractivity contribution < 1.29 is 33.1 Å². The zero-order valence-corrected chi connectivity index (χ0v) is 19.8. The highest BCUT2D eigenvalue weighted by atomic mass is 32.2. The molecule has 10 heteroatoms. The number of furan rings is 1. The molecule has 4 rings (SSSR count). The summed E-state index contributed by atoms with van der Waals surface area (Å²) in [6.07, 6.45) is 1.57. The quantitative estimate of drug-likeness (QED) is 0.492. The number of carbonyl (C=O) groups is 4. The molecular formula is C25H22N2O7S. The number of rotatable bonds is 7. The van der Waals surface area contributed by atoms with Crippen molar-refractivity contribution in [2.24, 2.45) is 0 Å². The highest BCUT2D eigenvalue weighted by Gasteiger charge is 2.33. The van der Waals surface area contributed by atoms with Crippen LogP contribution in [0.15, 0.2) is 65.3 Å². The van der Waals surface area contributed by atoms with Crippen LogP contribution in [-0.2, 0) is 20.8 Å². The number of ether oxygens (including phenoxy) is 2. The van der Waals surface area contributed by atoms with Gasteiger partial charge in [-0.1, -0.05) is 12.1 Å². The van der Waals surface area contributed by atoms with Gasteiger partial charge in [0.15, 0.2) is 0 Å². The molecule has 1 aliphatic rings. The van der Waals surface area contributed by atoms with E-state index in [2.05, 4.69) is 5.32 Å². The maximum atomic E-state index is 12.9. The van der Waals surface area contributed by atoms with E-state index in [4.69, 9.17) is 13.9 Å². The predicted molar refractivity (Wildman–Crippen MR) is 128 cm³/mol. The molecule has 0 unspecified atom stereocenters. The molecule has 2 heterocycles. The fourth-order valence-corrected chi connectivity index (χ4v) is 4.83. The van der Waals surface area contributed by atoms with Gasteiger partial charge in [-0.05, 0) is 48.0 Å². The highest BCUT2D eigenvalue weighted by molar-refractivity contribution is 8.00. The van der Waals surface area contributed by atoms with Gasteiger partial charge in [0.2, 0.25) is 5.91 Å². The molecule has 0 spiro atoms. The Morgan fingerprint density at radius 1 is 1.00 bits per heavy atom. The summed E-state index contributed by atoms with van der Waals surface area (Å²) in [6.45, 7) is 0.366. The third kappa shape index (κ3) is 5.38. The number of amides is 2. The third-order valence-electron chi connectivity index (χ3n) is 5.37. The average molecular weight is 495 g/mol. The second kappa shape index (κ2) is 10.5. The van der Waals surface area contributed by atoms with Crippen LogP contribution in [0.1, 0.15) is 47.8 Å². The lowest BCUT2D eigenvalue weighted by atomic mass is 10.1. The molecule has 3 aromatic rings. The van der Waals surface area contributed by atoms with Gasteiger partial charge in [-0.3, -0.25) is 9.59 Å². The van der Waals surface area contributed by atoms with Crippen LogP contribution < -0.4 is 5.32 Å². The van der Waals surface area contributed by atoms with E-state index in [1.165, 1.54) is 44.2 Å². The Morgan fingerprint density at radius 3 is 2.23 bits per heavy atom. The number of methoxy groups -OCH3 is 2. The fraction of sp³-hybridized carbons (Fsp3) is 0.200. The topological polar surface area (TPSA) is 115 Å². The molecule has 180 valence electrons. The van der Waals surface area contributed by atoms with Gasteiger partial charge in [0, 0.05) is 11.3 Å². The van der Waals surface area contributed by atoms with Gasteiger partial charge in [0.1, 0.15) is 11.1 Å². The molecule has 0 saturated carbocycles. The Balaban J connectivity index is 1.51. The number of esters is 2.